The van der Waals surface area contributed by atoms with Crippen LogP contribution in [-0.2, 0) is 22.5 Å². The lowest BCUT2D eigenvalue weighted by molar-refractivity contribution is -0.113. The van der Waals surface area contributed by atoms with Gasteiger partial charge in [0.25, 0.3) is 0 Å². The molecule has 0 radical (unpaired) electrons. The first kappa shape index (κ1) is 22.3. The molecule has 0 aliphatic heterocycles. The van der Waals surface area contributed by atoms with Crippen LogP contribution in [0.2, 0.25) is 0 Å². The van der Waals surface area contributed by atoms with E-state index in [1.54, 1.807) is 17.4 Å². The number of hydrogen-bond acceptors (Lipinski definition) is 8. The van der Waals surface area contributed by atoms with Crippen LogP contribution in [0.25, 0.3) is 10.7 Å². The molecular weight excluding hydrogens is 440 g/mol. The maximum absolute atomic E-state index is 12.6. The second-order valence-electron chi connectivity index (χ2n) is 6.21. The normalized spacial score (nSPS) is 10.8. The lowest BCUT2D eigenvalue weighted by Crippen LogP contribution is -2.16. The van der Waals surface area contributed by atoms with Crippen molar-refractivity contribution in [1.29, 1.82) is 0 Å². The fraction of sp³-hybridized carbons (Fsp3) is 0.300. The zero-order chi connectivity index (χ0) is 21.7. The van der Waals surface area contributed by atoms with E-state index in [0.29, 0.717) is 28.7 Å². The molecule has 0 aliphatic carbocycles. The number of thiophene rings is 2. The molecule has 7 nitrogen and oxygen atoms in total. The van der Waals surface area contributed by atoms with Gasteiger partial charge in [-0.1, -0.05) is 30.8 Å². The van der Waals surface area contributed by atoms with Crippen LogP contribution in [0.5, 0.6) is 0 Å². The lowest BCUT2D eigenvalue weighted by atomic mass is 10.1. The van der Waals surface area contributed by atoms with Crippen LogP contribution in [-0.4, -0.2) is 39.5 Å². The molecule has 30 heavy (non-hydrogen) atoms. The van der Waals surface area contributed by atoms with Crippen LogP contribution in [0.3, 0.4) is 0 Å². The minimum absolute atomic E-state index is 0.138. The average Bonchev–Trinajstić information content (AvgIpc) is 3.45. The van der Waals surface area contributed by atoms with Crippen LogP contribution < -0.4 is 5.32 Å². The number of aryl methyl sites for hydroxylation is 1. The third-order valence-electron chi connectivity index (χ3n) is 4.31. The second kappa shape index (κ2) is 10.1. The Hall–Kier alpha value is -2.43. The van der Waals surface area contributed by atoms with Crippen LogP contribution in [0, 0.1) is 6.92 Å². The quantitative estimate of drug-likeness (QED) is 0.283. The van der Waals surface area contributed by atoms with E-state index in [0.717, 1.165) is 21.1 Å². The molecule has 0 aliphatic rings. The maximum atomic E-state index is 12.6. The van der Waals surface area contributed by atoms with E-state index < -0.39 is 5.97 Å². The van der Waals surface area contributed by atoms with Crippen molar-refractivity contribution in [1.82, 2.24) is 14.8 Å². The summed E-state index contributed by atoms with van der Waals surface area (Å²) in [7, 11) is 1.34. The third kappa shape index (κ3) is 4.66. The minimum atomic E-state index is -0.439. The van der Waals surface area contributed by atoms with Crippen molar-refractivity contribution in [2.24, 2.45) is 0 Å². The number of methoxy groups -OCH3 is 1. The van der Waals surface area contributed by atoms with Gasteiger partial charge in [0.2, 0.25) is 5.91 Å². The van der Waals surface area contributed by atoms with Crippen LogP contribution in [0.4, 0.5) is 5.00 Å². The molecule has 10 heteroatoms. The van der Waals surface area contributed by atoms with E-state index in [1.165, 1.54) is 30.2 Å². The molecule has 0 saturated heterocycles. The summed E-state index contributed by atoms with van der Waals surface area (Å²) in [5, 5.41) is 14.5. The molecule has 3 rings (SSSR count). The molecule has 1 N–H and O–H groups in total. The van der Waals surface area contributed by atoms with Gasteiger partial charge >= 0.3 is 5.97 Å². The highest BCUT2D eigenvalue weighted by molar-refractivity contribution is 7.99. The van der Waals surface area contributed by atoms with E-state index in [2.05, 4.69) is 22.1 Å². The maximum Gasteiger partial charge on any atom is 0.341 e. The zero-order valence-corrected chi connectivity index (χ0v) is 19.4. The number of allylic oxidation sites excluding steroid dienone is 1. The van der Waals surface area contributed by atoms with E-state index in [9.17, 15) is 9.59 Å². The highest BCUT2D eigenvalue weighted by Gasteiger charge is 2.23. The average molecular weight is 463 g/mol. The first-order valence-electron chi connectivity index (χ1n) is 9.21. The van der Waals surface area contributed by atoms with Crippen molar-refractivity contribution in [3.05, 3.63) is 46.2 Å². The molecule has 0 aromatic carbocycles. The first-order valence-corrected chi connectivity index (χ1v) is 11.9. The van der Waals surface area contributed by atoms with Crippen LogP contribution in [0.15, 0.2) is 35.3 Å². The molecule has 3 aromatic heterocycles. The molecule has 0 fully saturated rings. The largest absolute Gasteiger partial charge is 0.465 e. The number of carbonyl (C=O) groups is 2. The predicted molar refractivity (Wildman–Crippen MR) is 123 cm³/mol. The summed E-state index contributed by atoms with van der Waals surface area (Å²) in [5.41, 5.74) is 1.34. The number of hydrogen-bond donors (Lipinski definition) is 1. The highest BCUT2D eigenvalue weighted by Crippen LogP contribution is 2.34. The summed E-state index contributed by atoms with van der Waals surface area (Å²) in [6, 6.07) is 3.94. The standard InChI is InChI=1S/C20H22N4O3S3/c1-5-9-24-17(14-8-7-10-28-14)22-23-20(24)29-11-15(25)21-18-16(19(26)27-4)13(6-2)12(3)30-18/h5,7-8,10H,1,6,9,11H2,2-4H3,(H,21,25). The van der Waals surface area contributed by atoms with Crippen molar-refractivity contribution in [2.45, 2.75) is 32.0 Å². The summed E-state index contributed by atoms with van der Waals surface area (Å²) >= 11 is 4.26. The van der Waals surface area contributed by atoms with Gasteiger partial charge in [-0.3, -0.25) is 9.36 Å². The molecule has 0 atom stereocenters. The number of nitrogens with one attached hydrogen (secondary N) is 1. The molecule has 3 heterocycles. The summed E-state index contributed by atoms with van der Waals surface area (Å²) in [6.45, 7) is 8.25. The Balaban J connectivity index is 1.74. The van der Waals surface area contributed by atoms with Gasteiger partial charge in [0, 0.05) is 11.4 Å². The number of carbonyl (C=O) groups excluding carboxylic acids is 2. The van der Waals surface area contributed by atoms with Crippen molar-refractivity contribution in [3.8, 4) is 10.7 Å². The van der Waals surface area contributed by atoms with Crippen molar-refractivity contribution in [3.63, 3.8) is 0 Å². The number of anilines is 1. The van der Waals surface area contributed by atoms with E-state index in [1.807, 2.05) is 35.9 Å². The fourth-order valence-electron chi connectivity index (χ4n) is 2.98. The van der Waals surface area contributed by atoms with E-state index in [-0.39, 0.29) is 11.7 Å². The van der Waals surface area contributed by atoms with Crippen LogP contribution >= 0.6 is 34.4 Å². The molecule has 0 unspecified atom stereocenters. The second-order valence-corrected chi connectivity index (χ2v) is 9.32. The Morgan fingerprint density at radius 2 is 2.20 bits per heavy atom. The first-order chi connectivity index (χ1) is 14.5. The molecule has 1 amide bonds. The Morgan fingerprint density at radius 1 is 1.40 bits per heavy atom. The monoisotopic (exact) mass is 462 g/mol. The number of ether oxygens (including phenoxy) is 1. The smallest absolute Gasteiger partial charge is 0.341 e. The van der Waals surface area contributed by atoms with E-state index in [4.69, 9.17) is 4.74 Å². The van der Waals surface area contributed by atoms with Gasteiger partial charge in [-0.25, -0.2) is 4.79 Å². The molecule has 0 spiro atoms. The van der Waals surface area contributed by atoms with Crippen LogP contribution in [0.1, 0.15) is 27.7 Å². The van der Waals surface area contributed by atoms with Gasteiger partial charge in [0.05, 0.1) is 23.3 Å². The van der Waals surface area contributed by atoms with Gasteiger partial charge in [-0.15, -0.1) is 39.4 Å². The van der Waals surface area contributed by atoms with Gasteiger partial charge in [0.15, 0.2) is 11.0 Å². The Bertz CT molecular complexity index is 1050. The fourth-order valence-corrected chi connectivity index (χ4v) is 5.59. The summed E-state index contributed by atoms with van der Waals surface area (Å²) in [5.74, 6) is 0.228. The van der Waals surface area contributed by atoms with Gasteiger partial charge in [0.1, 0.15) is 5.00 Å². The Morgan fingerprint density at radius 3 is 2.83 bits per heavy atom. The number of thioether (sulfide) groups is 1. The Labute approximate surface area is 187 Å². The molecule has 0 saturated carbocycles. The third-order valence-corrected chi connectivity index (χ3v) is 7.20. The van der Waals surface area contributed by atoms with Gasteiger partial charge in [-0.05, 0) is 30.4 Å². The molecule has 0 bridgehead atoms. The number of amides is 1. The molecule has 158 valence electrons. The van der Waals surface area contributed by atoms with E-state index >= 15 is 0 Å². The topological polar surface area (TPSA) is 86.1 Å². The van der Waals surface area contributed by atoms with Gasteiger partial charge < -0.3 is 10.1 Å². The summed E-state index contributed by atoms with van der Waals surface area (Å²) in [4.78, 5) is 26.8. The molecular formula is C20H22N4O3S3. The number of esters is 1. The predicted octanol–water partition coefficient (Wildman–Crippen LogP) is 4.64. The highest BCUT2D eigenvalue weighted by atomic mass is 32.2. The number of aromatic nitrogens is 3. The summed E-state index contributed by atoms with van der Waals surface area (Å²) < 4.78 is 6.84. The lowest BCUT2D eigenvalue weighted by Gasteiger charge is -2.08. The number of nitrogens with zero attached hydrogens (tertiary/aromatic N) is 3. The zero-order valence-electron chi connectivity index (χ0n) is 16.9. The van der Waals surface area contributed by atoms with Gasteiger partial charge in [-0.2, -0.15) is 0 Å². The van der Waals surface area contributed by atoms with Crippen molar-refractivity contribution in [2.75, 3.05) is 18.2 Å². The van der Waals surface area contributed by atoms with Crippen molar-refractivity contribution < 1.29 is 14.3 Å². The minimum Gasteiger partial charge on any atom is -0.465 e. The number of rotatable bonds is 9. The Kier molecular flexibility index (Phi) is 7.46. The molecule has 3 aromatic rings. The summed E-state index contributed by atoms with van der Waals surface area (Å²) in [6.07, 6.45) is 2.46. The van der Waals surface area contributed by atoms with Crippen molar-refractivity contribution >= 4 is 51.3 Å². The SMILES string of the molecule is C=CCn1c(SCC(=O)Nc2sc(C)c(CC)c2C(=O)OC)nnc1-c1cccs1.